The van der Waals surface area contributed by atoms with Gasteiger partial charge in [0.2, 0.25) is 0 Å². The second-order valence-corrected chi connectivity index (χ2v) is 5.49. The number of hydrogen-bond acceptors (Lipinski definition) is 5. The Morgan fingerprint density at radius 2 is 1.80 bits per heavy atom. The molecule has 0 amide bonds. The fourth-order valence-electron chi connectivity index (χ4n) is 2.39. The van der Waals surface area contributed by atoms with E-state index in [4.69, 9.17) is 4.74 Å². The molecule has 1 aliphatic rings. The Bertz CT molecular complexity index is 708. The van der Waals surface area contributed by atoms with Crippen LogP contribution in [0.3, 0.4) is 0 Å². The van der Waals surface area contributed by atoms with Crippen molar-refractivity contribution in [3.8, 4) is 0 Å². The van der Waals surface area contributed by atoms with Gasteiger partial charge in [0.25, 0.3) is 0 Å². The van der Waals surface area contributed by atoms with E-state index in [0.29, 0.717) is 0 Å². The highest BCUT2D eigenvalue weighted by molar-refractivity contribution is 5.80. The number of morpholine rings is 1. The summed E-state index contributed by atoms with van der Waals surface area (Å²) in [6, 6.07) is 10.1. The minimum Gasteiger partial charge on any atom is -0.378 e. The smallest absolute Gasteiger partial charge is 0.378 e. The molecule has 2 aromatic rings. The molecule has 1 aromatic heterocycles. The quantitative estimate of drug-likeness (QED) is 0.678. The van der Waals surface area contributed by atoms with Gasteiger partial charge in [0, 0.05) is 25.0 Å². The Kier molecular flexibility index (Phi) is 5.18. The molecule has 1 aromatic carbocycles. The molecule has 8 heteroatoms. The van der Waals surface area contributed by atoms with Gasteiger partial charge in [-0.1, -0.05) is 12.1 Å². The lowest BCUT2D eigenvalue weighted by molar-refractivity contribution is -0.137. The highest BCUT2D eigenvalue weighted by Gasteiger charge is 2.30. The van der Waals surface area contributed by atoms with E-state index >= 15 is 0 Å². The third-order valence-electron chi connectivity index (χ3n) is 3.75. The van der Waals surface area contributed by atoms with E-state index in [-0.39, 0.29) is 5.82 Å². The molecule has 132 valence electrons. The molecule has 0 aliphatic carbocycles. The standard InChI is InChI=1S/C17H17F3N4O/c18-17(19,20)14-3-6-16(21-12-14)23-22-11-13-1-4-15(5-2-13)24-7-9-25-10-8-24/h1-6,11-12H,7-10H2,(H,21,23)/b22-11+. The van der Waals surface area contributed by atoms with Crippen LogP contribution in [0.2, 0.25) is 0 Å². The van der Waals surface area contributed by atoms with Crippen molar-refractivity contribution in [3.05, 3.63) is 53.7 Å². The summed E-state index contributed by atoms with van der Waals surface area (Å²) in [4.78, 5) is 5.93. The zero-order valence-corrected chi connectivity index (χ0v) is 13.3. The van der Waals surface area contributed by atoms with Crippen LogP contribution < -0.4 is 10.3 Å². The SMILES string of the molecule is FC(F)(F)c1ccc(N/N=C/c2ccc(N3CCOCC3)cc2)nc1. The third-order valence-corrected chi connectivity index (χ3v) is 3.75. The molecular formula is C17H17F3N4O. The van der Waals surface area contributed by atoms with E-state index in [9.17, 15) is 13.2 Å². The number of pyridine rings is 1. The van der Waals surface area contributed by atoms with Crippen LogP contribution in [0, 0.1) is 0 Å². The van der Waals surface area contributed by atoms with Crippen molar-refractivity contribution < 1.29 is 17.9 Å². The second-order valence-electron chi connectivity index (χ2n) is 5.49. The number of hydrazone groups is 1. The second kappa shape index (κ2) is 7.52. The third kappa shape index (κ3) is 4.69. The Morgan fingerprint density at radius 3 is 2.40 bits per heavy atom. The van der Waals surface area contributed by atoms with Crippen molar-refractivity contribution in [2.45, 2.75) is 6.18 Å². The van der Waals surface area contributed by atoms with Crippen LogP contribution in [0.15, 0.2) is 47.7 Å². The van der Waals surface area contributed by atoms with Gasteiger partial charge in [-0.25, -0.2) is 4.98 Å². The van der Waals surface area contributed by atoms with Gasteiger partial charge in [0.05, 0.1) is 25.0 Å². The zero-order chi connectivity index (χ0) is 17.7. The van der Waals surface area contributed by atoms with Gasteiger partial charge in [0.15, 0.2) is 0 Å². The van der Waals surface area contributed by atoms with Gasteiger partial charge in [-0.05, 0) is 29.8 Å². The molecule has 0 spiro atoms. The monoisotopic (exact) mass is 350 g/mol. The van der Waals surface area contributed by atoms with Crippen LogP contribution >= 0.6 is 0 Å². The van der Waals surface area contributed by atoms with E-state index in [2.05, 4.69) is 20.4 Å². The molecule has 1 saturated heterocycles. The lowest BCUT2D eigenvalue weighted by Gasteiger charge is -2.28. The van der Waals surface area contributed by atoms with Crippen LogP contribution in [0.4, 0.5) is 24.7 Å². The summed E-state index contributed by atoms with van der Waals surface area (Å²) < 4.78 is 42.7. The average Bonchev–Trinajstić information content (AvgIpc) is 2.63. The maximum atomic E-state index is 12.5. The summed E-state index contributed by atoms with van der Waals surface area (Å²) in [7, 11) is 0. The van der Waals surface area contributed by atoms with Gasteiger partial charge in [-0.3, -0.25) is 5.43 Å². The van der Waals surface area contributed by atoms with Crippen molar-refractivity contribution in [1.82, 2.24) is 4.98 Å². The normalized spacial score (nSPS) is 15.6. The largest absolute Gasteiger partial charge is 0.417 e. The van der Waals surface area contributed by atoms with Crippen LogP contribution in [0.1, 0.15) is 11.1 Å². The van der Waals surface area contributed by atoms with Gasteiger partial charge in [-0.2, -0.15) is 18.3 Å². The number of alkyl halides is 3. The Labute approximate surface area is 143 Å². The number of nitrogens with zero attached hydrogens (tertiary/aromatic N) is 3. The first-order chi connectivity index (χ1) is 12.0. The summed E-state index contributed by atoms with van der Waals surface area (Å²) in [5.41, 5.74) is 3.82. The van der Waals surface area contributed by atoms with Crippen molar-refractivity contribution in [2.24, 2.45) is 5.10 Å². The van der Waals surface area contributed by atoms with Crippen molar-refractivity contribution in [1.29, 1.82) is 0 Å². The van der Waals surface area contributed by atoms with Gasteiger partial charge < -0.3 is 9.64 Å². The molecule has 25 heavy (non-hydrogen) atoms. The summed E-state index contributed by atoms with van der Waals surface area (Å²) >= 11 is 0. The van der Waals surface area contributed by atoms with E-state index in [0.717, 1.165) is 49.8 Å². The molecule has 1 fully saturated rings. The molecule has 3 rings (SSSR count). The van der Waals surface area contributed by atoms with Crippen molar-refractivity contribution in [2.75, 3.05) is 36.6 Å². The average molecular weight is 350 g/mol. The lowest BCUT2D eigenvalue weighted by atomic mass is 10.2. The zero-order valence-electron chi connectivity index (χ0n) is 13.3. The number of anilines is 2. The summed E-state index contributed by atoms with van der Waals surface area (Å²) in [6.45, 7) is 3.20. The van der Waals surface area contributed by atoms with Crippen LogP contribution in [-0.4, -0.2) is 37.5 Å². The Hall–Kier alpha value is -2.61. The summed E-state index contributed by atoms with van der Waals surface area (Å²) in [5, 5.41) is 3.99. The lowest BCUT2D eigenvalue weighted by Crippen LogP contribution is -2.36. The number of nitrogens with one attached hydrogen (secondary N) is 1. The van der Waals surface area contributed by atoms with Gasteiger partial charge >= 0.3 is 6.18 Å². The summed E-state index contributed by atoms with van der Waals surface area (Å²) in [5.74, 6) is 0.245. The molecule has 0 saturated carbocycles. The number of rotatable bonds is 4. The minimum absolute atomic E-state index is 0.245. The molecule has 0 radical (unpaired) electrons. The van der Waals surface area contributed by atoms with Crippen LogP contribution in [0.5, 0.6) is 0 Å². The van der Waals surface area contributed by atoms with E-state index in [1.54, 1.807) is 6.21 Å². The maximum absolute atomic E-state index is 12.5. The highest BCUT2D eigenvalue weighted by atomic mass is 19.4. The highest BCUT2D eigenvalue weighted by Crippen LogP contribution is 2.28. The van der Waals surface area contributed by atoms with E-state index < -0.39 is 11.7 Å². The van der Waals surface area contributed by atoms with Gasteiger partial charge in [0.1, 0.15) is 5.82 Å². The summed E-state index contributed by atoms with van der Waals surface area (Å²) in [6.07, 6.45) is -2.03. The molecule has 1 N–H and O–H groups in total. The Balaban J connectivity index is 1.57. The Morgan fingerprint density at radius 1 is 1.08 bits per heavy atom. The van der Waals surface area contributed by atoms with Crippen LogP contribution in [-0.2, 0) is 10.9 Å². The molecule has 0 unspecified atom stereocenters. The first kappa shape index (κ1) is 17.2. The predicted octanol–water partition coefficient (Wildman–Crippen LogP) is 3.38. The topological polar surface area (TPSA) is 49.8 Å². The molecule has 0 atom stereocenters. The predicted molar refractivity (Wildman–Crippen MR) is 89.9 cm³/mol. The molecule has 2 heterocycles. The van der Waals surface area contributed by atoms with Crippen LogP contribution in [0.25, 0.3) is 0 Å². The van der Waals surface area contributed by atoms with E-state index in [1.807, 2.05) is 24.3 Å². The molecule has 0 bridgehead atoms. The van der Waals surface area contributed by atoms with Crippen molar-refractivity contribution >= 4 is 17.7 Å². The van der Waals surface area contributed by atoms with Crippen molar-refractivity contribution in [3.63, 3.8) is 0 Å². The number of aromatic nitrogens is 1. The first-order valence-corrected chi connectivity index (χ1v) is 7.77. The maximum Gasteiger partial charge on any atom is 0.417 e. The minimum atomic E-state index is -4.39. The molecule has 1 aliphatic heterocycles. The number of benzene rings is 1. The molecular weight excluding hydrogens is 333 g/mol. The number of halogens is 3. The fourth-order valence-corrected chi connectivity index (χ4v) is 2.39. The fraction of sp³-hybridized carbons (Fsp3) is 0.294. The number of hydrogen-bond donors (Lipinski definition) is 1. The van der Waals surface area contributed by atoms with E-state index in [1.165, 1.54) is 6.07 Å². The molecule has 5 nitrogen and oxygen atoms in total. The first-order valence-electron chi connectivity index (χ1n) is 7.77. The van der Waals surface area contributed by atoms with Gasteiger partial charge in [-0.15, -0.1) is 0 Å². The number of ether oxygens (including phenoxy) is 1.